The molecule has 1 aromatic rings. The summed E-state index contributed by atoms with van der Waals surface area (Å²) in [6, 6.07) is 5.27. The number of hydrogen-bond acceptors (Lipinski definition) is 3. The van der Waals surface area contributed by atoms with Crippen molar-refractivity contribution in [3.05, 3.63) is 46.8 Å². The molecule has 2 fully saturated rings. The number of rotatable bonds is 6. The van der Waals surface area contributed by atoms with E-state index in [1.807, 2.05) is 0 Å². The van der Waals surface area contributed by atoms with Gasteiger partial charge in [-0.05, 0) is 61.3 Å². The van der Waals surface area contributed by atoms with Gasteiger partial charge in [-0.3, -0.25) is 4.90 Å². The van der Waals surface area contributed by atoms with Crippen molar-refractivity contribution < 1.29 is 0 Å². The van der Waals surface area contributed by atoms with Gasteiger partial charge in [-0.2, -0.15) is 0 Å². The van der Waals surface area contributed by atoms with Crippen molar-refractivity contribution in [2.75, 3.05) is 26.2 Å². The van der Waals surface area contributed by atoms with Gasteiger partial charge in [-0.15, -0.1) is 0 Å². The Balaban J connectivity index is 1.53. The van der Waals surface area contributed by atoms with Crippen LogP contribution in [0.1, 0.15) is 28.7 Å². The Morgan fingerprint density at radius 1 is 1.21 bits per heavy atom. The summed E-state index contributed by atoms with van der Waals surface area (Å²) < 4.78 is 0. The van der Waals surface area contributed by atoms with Crippen LogP contribution in [0.25, 0.3) is 0 Å². The molecule has 2 aliphatic rings. The molecule has 128 valence electrons. The Kier molecular flexibility index (Phi) is 5.24. The number of aryl methyl sites for hydroxylation is 1. The number of nitrogens with two attached hydrogens (primary N) is 1. The highest BCUT2D eigenvalue weighted by molar-refractivity contribution is 6.08. The molecule has 3 rings (SSSR count). The fraction of sp³-hybridized carbons (Fsp3) is 0.600. The first-order valence-electron chi connectivity index (χ1n) is 9.21. The zero-order valence-corrected chi connectivity index (χ0v) is 15.2. The van der Waals surface area contributed by atoms with E-state index in [4.69, 9.17) is 13.6 Å². The van der Waals surface area contributed by atoms with E-state index in [9.17, 15) is 0 Å². The number of benzene rings is 1. The molecule has 2 radical (unpaired) electrons. The van der Waals surface area contributed by atoms with Crippen LogP contribution in [0, 0.1) is 19.8 Å². The molecule has 4 heteroatoms. The molecular weight excluding hydrogens is 293 g/mol. The summed E-state index contributed by atoms with van der Waals surface area (Å²) in [6.07, 6.45) is 4.13. The first kappa shape index (κ1) is 17.4. The molecule has 0 spiro atoms. The maximum Gasteiger partial charge on any atom is 0.0912 e. The van der Waals surface area contributed by atoms with Crippen molar-refractivity contribution in [3.63, 3.8) is 0 Å². The lowest BCUT2D eigenvalue weighted by atomic mass is 9.85. The molecule has 2 saturated heterocycles. The van der Waals surface area contributed by atoms with Crippen LogP contribution in [0.3, 0.4) is 0 Å². The molecule has 24 heavy (non-hydrogen) atoms. The van der Waals surface area contributed by atoms with Crippen LogP contribution in [-0.2, 0) is 12.8 Å². The lowest BCUT2D eigenvalue weighted by Gasteiger charge is -2.43. The second-order valence-electron chi connectivity index (χ2n) is 7.58. The third-order valence-electron chi connectivity index (χ3n) is 6.01. The standard InChI is InChI=1S/C20H30BN3/c1-14-15(2)19(5-4-18(14)6-8-21)10-17-11-24(12-17)20-7-9-23(13-20)16(3)22/h4-5,17,20H,3,6-13,22H2,1-2H3. The summed E-state index contributed by atoms with van der Waals surface area (Å²) in [6.45, 7) is 12.9. The van der Waals surface area contributed by atoms with Crippen molar-refractivity contribution in [1.29, 1.82) is 0 Å². The van der Waals surface area contributed by atoms with Crippen molar-refractivity contribution in [2.24, 2.45) is 11.7 Å². The maximum absolute atomic E-state index is 5.82. The van der Waals surface area contributed by atoms with E-state index in [0.717, 1.165) is 37.6 Å². The summed E-state index contributed by atoms with van der Waals surface area (Å²) >= 11 is 0. The molecular formula is C20H30BN3. The largest absolute Gasteiger partial charge is 0.386 e. The fourth-order valence-electron chi connectivity index (χ4n) is 4.23. The average molecular weight is 323 g/mol. The zero-order valence-electron chi connectivity index (χ0n) is 15.2. The minimum absolute atomic E-state index is 0.663. The van der Waals surface area contributed by atoms with E-state index in [0.29, 0.717) is 6.04 Å². The minimum Gasteiger partial charge on any atom is -0.386 e. The third kappa shape index (κ3) is 3.49. The van der Waals surface area contributed by atoms with Gasteiger partial charge >= 0.3 is 0 Å². The predicted octanol–water partition coefficient (Wildman–Crippen LogP) is 2.41. The molecule has 1 aromatic carbocycles. The first-order chi connectivity index (χ1) is 11.5. The molecule has 0 aliphatic carbocycles. The number of likely N-dealkylation sites (tertiary alicyclic amines) is 2. The molecule has 3 nitrogen and oxygen atoms in total. The Hall–Kier alpha value is -1.42. The van der Waals surface area contributed by atoms with Crippen LogP contribution in [0.15, 0.2) is 24.5 Å². The predicted molar refractivity (Wildman–Crippen MR) is 102 cm³/mol. The second-order valence-corrected chi connectivity index (χ2v) is 7.58. The number of hydrogen-bond donors (Lipinski definition) is 1. The van der Waals surface area contributed by atoms with Gasteiger partial charge in [0, 0.05) is 32.2 Å². The normalized spacial score (nSPS) is 21.9. The van der Waals surface area contributed by atoms with Crippen molar-refractivity contribution in [3.8, 4) is 0 Å². The molecule has 0 saturated carbocycles. The highest BCUT2D eigenvalue weighted by Gasteiger charge is 2.36. The van der Waals surface area contributed by atoms with Crippen LogP contribution in [-0.4, -0.2) is 49.9 Å². The Morgan fingerprint density at radius 2 is 1.88 bits per heavy atom. The topological polar surface area (TPSA) is 32.5 Å². The summed E-state index contributed by atoms with van der Waals surface area (Å²) in [5.74, 6) is 1.51. The molecule has 0 bridgehead atoms. The van der Waals surface area contributed by atoms with Gasteiger partial charge in [0.25, 0.3) is 0 Å². The van der Waals surface area contributed by atoms with Crippen LogP contribution in [0.5, 0.6) is 0 Å². The highest BCUT2D eigenvalue weighted by Crippen LogP contribution is 2.29. The van der Waals surface area contributed by atoms with E-state index in [-0.39, 0.29) is 0 Å². The van der Waals surface area contributed by atoms with Crippen molar-refractivity contribution in [2.45, 2.75) is 45.5 Å². The summed E-state index contributed by atoms with van der Waals surface area (Å²) in [4.78, 5) is 4.83. The molecule has 1 unspecified atom stereocenters. The molecule has 1 atom stereocenters. The van der Waals surface area contributed by atoms with E-state index >= 15 is 0 Å². The molecule has 2 heterocycles. The van der Waals surface area contributed by atoms with Gasteiger partial charge < -0.3 is 10.6 Å². The molecule has 0 aromatic heterocycles. The van der Waals surface area contributed by atoms with Gasteiger partial charge in [0.05, 0.1) is 13.7 Å². The van der Waals surface area contributed by atoms with E-state index in [2.05, 4.69) is 42.4 Å². The van der Waals surface area contributed by atoms with Gasteiger partial charge in [0.1, 0.15) is 0 Å². The fourth-order valence-corrected chi connectivity index (χ4v) is 4.23. The van der Waals surface area contributed by atoms with Crippen molar-refractivity contribution >= 4 is 7.85 Å². The maximum atomic E-state index is 5.82. The van der Waals surface area contributed by atoms with Gasteiger partial charge in [-0.1, -0.05) is 25.0 Å². The lowest BCUT2D eigenvalue weighted by Crippen LogP contribution is -2.53. The van der Waals surface area contributed by atoms with E-state index in [1.54, 1.807) is 0 Å². The van der Waals surface area contributed by atoms with Crippen LogP contribution in [0.4, 0.5) is 0 Å². The SMILES string of the molecule is [B]CCc1ccc(CC2CN(C3CCN(C(=C)N)C3)C2)c(C)c1C. The second kappa shape index (κ2) is 7.22. The quantitative estimate of drug-likeness (QED) is 0.816. The van der Waals surface area contributed by atoms with Gasteiger partial charge in [-0.25, -0.2) is 0 Å². The lowest BCUT2D eigenvalue weighted by molar-refractivity contribution is 0.0572. The van der Waals surface area contributed by atoms with Gasteiger partial charge in [0.2, 0.25) is 0 Å². The van der Waals surface area contributed by atoms with E-state index in [1.165, 1.54) is 48.2 Å². The van der Waals surface area contributed by atoms with Gasteiger partial charge in [0.15, 0.2) is 0 Å². The minimum atomic E-state index is 0.663. The first-order valence-corrected chi connectivity index (χ1v) is 9.21. The Bertz CT molecular complexity index is 607. The van der Waals surface area contributed by atoms with Crippen LogP contribution >= 0.6 is 0 Å². The average Bonchev–Trinajstić information content (AvgIpc) is 2.99. The van der Waals surface area contributed by atoms with Crippen molar-refractivity contribution in [1.82, 2.24) is 9.80 Å². The highest BCUT2D eigenvalue weighted by atomic mass is 15.3. The van der Waals surface area contributed by atoms with E-state index < -0.39 is 0 Å². The van der Waals surface area contributed by atoms with Crippen LogP contribution in [0.2, 0.25) is 6.32 Å². The zero-order chi connectivity index (χ0) is 17.3. The number of nitrogens with zero attached hydrogens (tertiary/aromatic N) is 2. The Morgan fingerprint density at radius 3 is 2.50 bits per heavy atom. The monoisotopic (exact) mass is 323 g/mol. The molecule has 2 aliphatic heterocycles. The van der Waals surface area contributed by atoms with Crippen LogP contribution < -0.4 is 5.73 Å². The Labute approximate surface area is 148 Å². The summed E-state index contributed by atoms with van der Waals surface area (Å²) in [7, 11) is 5.71. The smallest absolute Gasteiger partial charge is 0.0912 e. The molecule has 0 amide bonds. The third-order valence-corrected chi connectivity index (χ3v) is 6.01. The molecule has 2 N–H and O–H groups in total. The summed E-state index contributed by atoms with van der Waals surface area (Å²) in [5, 5.41) is 0. The summed E-state index contributed by atoms with van der Waals surface area (Å²) in [5.41, 5.74) is 11.6.